The highest BCUT2D eigenvalue weighted by atomic mass is 32.2. The first-order chi connectivity index (χ1) is 6.26. The normalized spacial score (nSPS) is 11.8. The van der Waals surface area contributed by atoms with Crippen molar-refractivity contribution in [3.8, 4) is 0 Å². The van der Waals surface area contributed by atoms with Crippen LogP contribution in [0.3, 0.4) is 0 Å². The highest BCUT2D eigenvalue weighted by molar-refractivity contribution is 7.98. The molecule has 0 heterocycles. The van der Waals surface area contributed by atoms with Gasteiger partial charge in [-0.2, -0.15) is 11.8 Å². The zero-order valence-corrected chi connectivity index (χ0v) is 8.08. The molecule has 0 aliphatic rings. The molecular formula is C7H12O5S. The number of carbonyl (C=O) groups is 2. The maximum Gasteiger partial charge on any atom is 0.349 e. The van der Waals surface area contributed by atoms with Gasteiger partial charge in [-0.15, -0.1) is 0 Å². The Morgan fingerprint density at radius 2 is 2.38 bits per heavy atom. The van der Waals surface area contributed by atoms with Crippen molar-refractivity contribution in [3.63, 3.8) is 0 Å². The molecule has 0 bridgehead atoms. The molecule has 1 unspecified atom stereocenters. The second kappa shape index (κ2) is 7.88. The summed E-state index contributed by atoms with van der Waals surface area (Å²) in [6.07, 6.45) is 0.679. The Bertz CT molecular complexity index is 161. The molecule has 1 atom stereocenters. The number of aliphatic hydroxyl groups excluding tert-OH is 1. The van der Waals surface area contributed by atoms with Crippen molar-refractivity contribution >= 4 is 24.2 Å². The van der Waals surface area contributed by atoms with Crippen molar-refractivity contribution in [2.24, 2.45) is 0 Å². The topological polar surface area (TPSA) is 72.8 Å². The first kappa shape index (κ1) is 12.2. The van der Waals surface area contributed by atoms with E-state index in [0.29, 0.717) is 5.75 Å². The van der Waals surface area contributed by atoms with E-state index in [9.17, 15) is 9.59 Å². The minimum atomic E-state index is -1.20. The molecule has 0 rings (SSSR count). The van der Waals surface area contributed by atoms with E-state index in [-0.39, 0.29) is 13.1 Å². The number of thioether (sulfide) groups is 1. The molecule has 0 saturated heterocycles. The first-order valence-corrected chi connectivity index (χ1v) is 5.01. The third-order valence-electron chi connectivity index (χ3n) is 1.18. The van der Waals surface area contributed by atoms with Crippen LogP contribution in [0, 0.1) is 0 Å². The van der Waals surface area contributed by atoms with E-state index >= 15 is 0 Å². The fourth-order valence-corrected chi connectivity index (χ4v) is 0.809. The van der Waals surface area contributed by atoms with Gasteiger partial charge in [0, 0.05) is 5.75 Å². The molecular weight excluding hydrogens is 196 g/mol. The predicted molar refractivity (Wildman–Crippen MR) is 47.4 cm³/mol. The third kappa shape index (κ3) is 5.48. The molecule has 0 radical (unpaired) electrons. The Kier molecular flexibility index (Phi) is 7.42. The summed E-state index contributed by atoms with van der Waals surface area (Å²) in [5.74, 6) is -0.0472. The molecule has 0 spiro atoms. The summed E-state index contributed by atoms with van der Waals surface area (Å²) in [5.41, 5.74) is 0. The standard InChI is InChI=1S/C7H12O5S/c1-13-3-2-11-7(10)6(4-8)12-5-9/h5-6,8H,2-4H2,1H3. The molecule has 0 aromatic rings. The van der Waals surface area contributed by atoms with Gasteiger partial charge in [0.1, 0.15) is 6.61 Å². The van der Waals surface area contributed by atoms with Gasteiger partial charge in [-0.05, 0) is 6.26 Å². The number of rotatable bonds is 7. The van der Waals surface area contributed by atoms with Gasteiger partial charge in [0.2, 0.25) is 6.10 Å². The van der Waals surface area contributed by atoms with Crippen LogP contribution >= 0.6 is 11.8 Å². The molecule has 1 N–H and O–H groups in total. The lowest BCUT2D eigenvalue weighted by Gasteiger charge is -2.10. The van der Waals surface area contributed by atoms with Crippen LogP contribution in [0.5, 0.6) is 0 Å². The van der Waals surface area contributed by atoms with E-state index in [1.165, 1.54) is 11.8 Å². The monoisotopic (exact) mass is 208 g/mol. The smallest absolute Gasteiger partial charge is 0.349 e. The predicted octanol–water partition coefficient (Wildman–Crippen LogP) is -0.574. The van der Waals surface area contributed by atoms with E-state index in [1.54, 1.807) is 0 Å². The van der Waals surface area contributed by atoms with E-state index in [4.69, 9.17) is 5.11 Å². The zero-order chi connectivity index (χ0) is 10.1. The molecule has 0 aliphatic carbocycles. The number of aliphatic hydroxyl groups is 1. The van der Waals surface area contributed by atoms with Crippen molar-refractivity contribution in [2.45, 2.75) is 6.10 Å². The lowest BCUT2D eigenvalue weighted by molar-refractivity contribution is -0.163. The number of carbonyl (C=O) groups excluding carboxylic acids is 2. The molecule has 0 amide bonds. The van der Waals surface area contributed by atoms with Gasteiger partial charge in [0.25, 0.3) is 6.47 Å². The van der Waals surface area contributed by atoms with Crippen LogP contribution in [0.2, 0.25) is 0 Å². The van der Waals surface area contributed by atoms with E-state index in [0.717, 1.165) is 0 Å². The van der Waals surface area contributed by atoms with Gasteiger partial charge in [-0.1, -0.05) is 0 Å². The minimum Gasteiger partial charge on any atom is -0.462 e. The average Bonchev–Trinajstić information content (AvgIpc) is 2.14. The molecule has 6 heteroatoms. The number of hydrogen-bond donors (Lipinski definition) is 1. The van der Waals surface area contributed by atoms with E-state index < -0.39 is 18.7 Å². The van der Waals surface area contributed by atoms with Crippen LogP contribution in [0.15, 0.2) is 0 Å². The Balaban J connectivity index is 3.70. The van der Waals surface area contributed by atoms with E-state index in [1.807, 2.05) is 6.26 Å². The second-order valence-electron chi connectivity index (χ2n) is 2.06. The largest absolute Gasteiger partial charge is 0.462 e. The van der Waals surface area contributed by atoms with Gasteiger partial charge in [0.05, 0.1) is 6.61 Å². The van der Waals surface area contributed by atoms with Gasteiger partial charge in [-0.25, -0.2) is 4.79 Å². The fraction of sp³-hybridized carbons (Fsp3) is 0.714. The summed E-state index contributed by atoms with van der Waals surface area (Å²) >= 11 is 1.53. The van der Waals surface area contributed by atoms with Crippen LogP contribution in [0.25, 0.3) is 0 Å². The Hall–Kier alpha value is -0.750. The lowest BCUT2D eigenvalue weighted by atomic mass is 10.4. The van der Waals surface area contributed by atoms with Crippen LogP contribution in [-0.2, 0) is 19.1 Å². The number of hydrogen-bond acceptors (Lipinski definition) is 6. The van der Waals surface area contributed by atoms with Gasteiger partial charge in [0.15, 0.2) is 0 Å². The van der Waals surface area contributed by atoms with E-state index in [2.05, 4.69) is 9.47 Å². The summed E-state index contributed by atoms with van der Waals surface area (Å²) in [7, 11) is 0. The molecule has 0 aliphatic heterocycles. The highest BCUT2D eigenvalue weighted by Gasteiger charge is 2.19. The summed E-state index contributed by atoms with van der Waals surface area (Å²) in [5, 5.41) is 8.59. The quantitative estimate of drug-likeness (QED) is 0.343. The lowest BCUT2D eigenvalue weighted by Crippen LogP contribution is -2.30. The number of ether oxygens (including phenoxy) is 2. The average molecular weight is 208 g/mol. The Morgan fingerprint density at radius 1 is 1.69 bits per heavy atom. The maximum atomic E-state index is 11.0. The highest BCUT2D eigenvalue weighted by Crippen LogP contribution is 1.96. The fourth-order valence-electron chi connectivity index (χ4n) is 0.559. The third-order valence-corrected chi connectivity index (χ3v) is 1.76. The molecule has 0 saturated carbocycles. The molecule has 76 valence electrons. The zero-order valence-electron chi connectivity index (χ0n) is 7.26. The first-order valence-electron chi connectivity index (χ1n) is 3.61. The summed E-state index contributed by atoms with van der Waals surface area (Å²) < 4.78 is 8.96. The molecule has 0 fully saturated rings. The van der Waals surface area contributed by atoms with Gasteiger partial charge >= 0.3 is 5.97 Å². The SMILES string of the molecule is CSCCOC(=O)C(CO)OC=O. The van der Waals surface area contributed by atoms with Crippen molar-refractivity contribution in [1.29, 1.82) is 0 Å². The van der Waals surface area contributed by atoms with Crippen molar-refractivity contribution in [2.75, 3.05) is 25.2 Å². The van der Waals surface area contributed by atoms with Crippen LogP contribution in [-0.4, -0.2) is 48.9 Å². The molecule has 13 heavy (non-hydrogen) atoms. The van der Waals surface area contributed by atoms with Crippen molar-refractivity contribution in [1.82, 2.24) is 0 Å². The molecule has 5 nitrogen and oxygen atoms in total. The summed E-state index contributed by atoms with van der Waals surface area (Å²) in [4.78, 5) is 20.8. The Labute approximate surface area is 80.4 Å². The summed E-state index contributed by atoms with van der Waals surface area (Å²) in [6, 6.07) is 0. The Morgan fingerprint density at radius 3 is 2.85 bits per heavy atom. The maximum absolute atomic E-state index is 11.0. The van der Waals surface area contributed by atoms with Crippen LogP contribution in [0.4, 0.5) is 0 Å². The summed E-state index contributed by atoms with van der Waals surface area (Å²) in [6.45, 7) is -0.202. The molecule has 0 aromatic carbocycles. The van der Waals surface area contributed by atoms with Gasteiger partial charge < -0.3 is 14.6 Å². The van der Waals surface area contributed by atoms with Crippen LogP contribution < -0.4 is 0 Å². The number of esters is 1. The van der Waals surface area contributed by atoms with Gasteiger partial charge in [-0.3, -0.25) is 4.79 Å². The van der Waals surface area contributed by atoms with Crippen molar-refractivity contribution in [3.05, 3.63) is 0 Å². The minimum absolute atomic E-state index is 0.108. The van der Waals surface area contributed by atoms with Crippen molar-refractivity contribution < 1.29 is 24.2 Å². The molecule has 0 aromatic heterocycles. The second-order valence-corrected chi connectivity index (χ2v) is 3.05. The van der Waals surface area contributed by atoms with Crippen LogP contribution in [0.1, 0.15) is 0 Å².